The zero-order valence-corrected chi connectivity index (χ0v) is 25.7. The van der Waals surface area contributed by atoms with Crippen LogP contribution in [0.4, 0.5) is 0 Å². The van der Waals surface area contributed by atoms with E-state index in [0.29, 0.717) is 12.8 Å². The van der Waals surface area contributed by atoms with Gasteiger partial charge in [0.2, 0.25) is 18.1 Å². The maximum Gasteiger partial charge on any atom is 0.331 e. The lowest BCUT2D eigenvalue weighted by Gasteiger charge is -2.42. The third kappa shape index (κ3) is 14.6. The van der Waals surface area contributed by atoms with E-state index >= 15 is 0 Å². The van der Waals surface area contributed by atoms with Crippen LogP contribution in [0.5, 0.6) is 0 Å². The van der Waals surface area contributed by atoms with Crippen molar-refractivity contribution in [3.8, 4) is 0 Å². The smallest absolute Gasteiger partial charge is 0.331 e. The first kappa shape index (κ1) is 37.0. The molecule has 41 heavy (non-hydrogen) atoms. The average Bonchev–Trinajstić information content (AvgIpc) is 2.93. The number of hydrogen-bond donors (Lipinski definition) is 5. The number of unbranched alkanes of at least 4 members (excludes halogenated alkanes) is 9. The number of hydrogen-bond acceptors (Lipinski definition) is 8. The van der Waals surface area contributed by atoms with Crippen LogP contribution in [-0.2, 0) is 23.9 Å². The Morgan fingerprint density at radius 1 is 0.829 bits per heavy atom. The second-order valence-electron chi connectivity index (χ2n) is 11.4. The SMILES string of the molecule is CCCCCCCC/C=C\CCCCCC(=O)N[C@@H](C(=O)O[C@H]1O[C@@H](CO)[C@@H](O)[C@@H](O)[C@@H]1NC(=O)CCC)C(C)C. The number of ether oxygens (including phenoxy) is 2. The predicted molar refractivity (Wildman–Crippen MR) is 158 cm³/mol. The Morgan fingerprint density at radius 2 is 1.44 bits per heavy atom. The van der Waals surface area contributed by atoms with E-state index in [1.54, 1.807) is 13.8 Å². The summed E-state index contributed by atoms with van der Waals surface area (Å²) in [6.07, 6.45) is 12.3. The van der Waals surface area contributed by atoms with Crippen LogP contribution in [0.2, 0.25) is 0 Å². The Hall–Kier alpha value is -2.01. The molecule has 1 heterocycles. The highest BCUT2D eigenvalue weighted by Gasteiger charge is 2.47. The van der Waals surface area contributed by atoms with Crippen molar-refractivity contribution in [3.05, 3.63) is 12.2 Å². The van der Waals surface area contributed by atoms with Gasteiger partial charge in [-0.25, -0.2) is 4.79 Å². The number of aliphatic hydroxyl groups excluding tert-OH is 3. The first-order valence-electron chi connectivity index (χ1n) is 15.7. The molecule has 0 aliphatic carbocycles. The molecule has 0 aromatic heterocycles. The zero-order valence-electron chi connectivity index (χ0n) is 25.7. The van der Waals surface area contributed by atoms with Crippen LogP contribution >= 0.6 is 0 Å². The van der Waals surface area contributed by atoms with Crippen LogP contribution in [0.1, 0.15) is 118 Å². The number of nitrogens with one attached hydrogen (secondary N) is 2. The monoisotopic (exact) mass is 584 g/mol. The third-order valence-corrected chi connectivity index (χ3v) is 7.32. The Labute approximate surface area is 246 Å². The minimum Gasteiger partial charge on any atom is -0.432 e. The molecule has 10 nitrogen and oxygen atoms in total. The van der Waals surface area contributed by atoms with Crippen molar-refractivity contribution in [1.29, 1.82) is 0 Å². The summed E-state index contributed by atoms with van der Waals surface area (Å²) in [6, 6.07) is -2.21. The van der Waals surface area contributed by atoms with Crippen molar-refractivity contribution >= 4 is 17.8 Å². The molecule has 1 aliphatic heterocycles. The minimum atomic E-state index is -1.53. The van der Waals surface area contributed by atoms with E-state index in [-0.39, 0.29) is 24.7 Å². The van der Waals surface area contributed by atoms with E-state index in [1.165, 1.54) is 38.5 Å². The summed E-state index contributed by atoms with van der Waals surface area (Å²) in [6.45, 7) is 6.95. The molecule has 0 radical (unpaired) electrons. The molecule has 238 valence electrons. The third-order valence-electron chi connectivity index (χ3n) is 7.32. The molecule has 10 heteroatoms. The Balaban J connectivity index is 2.51. The van der Waals surface area contributed by atoms with Gasteiger partial charge in [0.25, 0.3) is 0 Å². The van der Waals surface area contributed by atoms with E-state index < -0.39 is 55.2 Å². The van der Waals surface area contributed by atoms with Crippen molar-refractivity contribution in [3.63, 3.8) is 0 Å². The molecule has 2 amide bonds. The lowest BCUT2D eigenvalue weighted by molar-refractivity contribution is -0.264. The van der Waals surface area contributed by atoms with E-state index in [9.17, 15) is 29.7 Å². The van der Waals surface area contributed by atoms with E-state index in [2.05, 4.69) is 29.7 Å². The van der Waals surface area contributed by atoms with Gasteiger partial charge in [-0.1, -0.05) is 78.4 Å². The number of amides is 2. The predicted octanol–water partition coefficient (Wildman–Crippen LogP) is 3.65. The molecule has 1 rings (SSSR count). The topological polar surface area (TPSA) is 154 Å². The summed E-state index contributed by atoms with van der Waals surface area (Å²) in [4.78, 5) is 37.9. The highest BCUT2D eigenvalue weighted by molar-refractivity contribution is 5.84. The van der Waals surface area contributed by atoms with Gasteiger partial charge < -0.3 is 35.4 Å². The van der Waals surface area contributed by atoms with Gasteiger partial charge in [0, 0.05) is 12.8 Å². The molecule has 1 fully saturated rings. The quantitative estimate of drug-likeness (QED) is 0.0778. The molecule has 6 atom stereocenters. The van der Waals surface area contributed by atoms with Crippen molar-refractivity contribution in [2.75, 3.05) is 6.61 Å². The largest absolute Gasteiger partial charge is 0.432 e. The maximum atomic E-state index is 13.1. The lowest BCUT2D eigenvalue weighted by atomic mass is 9.96. The van der Waals surface area contributed by atoms with Crippen LogP contribution < -0.4 is 10.6 Å². The first-order valence-corrected chi connectivity index (χ1v) is 15.7. The summed E-state index contributed by atoms with van der Waals surface area (Å²) < 4.78 is 11.0. The number of rotatable bonds is 21. The molecular formula is C31H56N2O8. The molecule has 1 saturated heterocycles. The van der Waals surface area contributed by atoms with E-state index in [1.807, 2.05) is 6.92 Å². The first-order chi connectivity index (χ1) is 19.7. The van der Waals surface area contributed by atoms with Crippen molar-refractivity contribution < 1.29 is 39.2 Å². The van der Waals surface area contributed by atoms with Gasteiger partial charge in [-0.3, -0.25) is 9.59 Å². The van der Waals surface area contributed by atoms with Crippen LogP contribution in [0, 0.1) is 5.92 Å². The molecule has 0 aromatic rings. The lowest BCUT2D eigenvalue weighted by Crippen LogP contribution is -2.65. The van der Waals surface area contributed by atoms with Gasteiger partial charge in [0.05, 0.1) is 6.61 Å². The second kappa shape index (κ2) is 21.7. The Kier molecular flexibility index (Phi) is 19.6. The fourth-order valence-electron chi connectivity index (χ4n) is 4.76. The number of carbonyl (C=O) groups excluding carboxylic acids is 3. The van der Waals surface area contributed by atoms with Gasteiger partial charge in [-0.2, -0.15) is 0 Å². The van der Waals surface area contributed by atoms with Gasteiger partial charge in [0.1, 0.15) is 30.4 Å². The summed E-state index contributed by atoms with van der Waals surface area (Å²) in [5.41, 5.74) is 0. The molecule has 0 spiro atoms. The Bertz CT molecular complexity index is 775. The average molecular weight is 585 g/mol. The highest BCUT2D eigenvalue weighted by Crippen LogP contribution is 2.23. The van der Waals surface area contributed by atoms with Crippen molar-refractivity contribution in [1.82, 2.24) is 10.6 Å². The number of allylic oxidation sites excluding steroid dienone is 2. The molecule has 0 unspecified atom stereocenters. The summed E-state index contributed by atoms with van der Waals surface area (Å²) in [7, 11) is 0. The van der Waals surface area contributed by atoms with Gasteiger partial charge in [0.15, 0.2) is 0 Å². The molecule has 0 aromatic carbocycles. The van der Waals surface area contributed by atoms with Gasteiger partial charge >= 0.3 is 5.97 Å². The second-order valence-corrected chi connectivity index (χ2v) is 11.4. The van der Waals surface area contributed by atoms with Gasteiger partial charge in [-0.15, -0.1) is 0 Å². The summed E-state index contributed by atoms with van der Waals surface area (Å²) in [5, 5.41) is 35.6. The molecule has 0 bridgehead atoms. The minimum absolute atomic E-state index is 0.170. The maximum absolute atomic E-state index is 13.1. The van der Waals surface area contributed by atoms with E-state index in [0.717, 1.165) is 25.7 Å². The Morgan fingerprint density at radius 3 is 2.02 bits per heavy atom. The van der Waals surface area contributed by atoms with E-state index in [4.69, 9.17) is 9.47 Å². The highest BCUT2D eigenvalue weighted by atomic mass is 16.7. The van der Waals surface area contributed by atoms with Crippen molar-refractivity contribution in [2.45, 2.75) is 154 Å². The zero-order chi connectivity index (χ0) is 30.6. The molecule has 5 N–H and O–H groups in total. The molecule has 1 aliphatic rings. The van der Waals surface area contributed by atoms with Crippen LogP contribution in [-0.4, -0.2) is 76.4 Å². The fraction of sp³-hybridized carbons (Fsp3) is 0.839. The van der Waals surface area contributed by atoms with Crippen LogP contribution in [0.25, 0.3) is 0 Å². The van der Waals surface area contributed by atoms with Crippen LogP contribution in [0.3, 0.4) is 0 Å². The number of aliphatic hydroxyl groups is 3. The molecule has 0 saturated carbocycles. The number of carbonyl (C=O) groups is 3. The van der Waals surface area contributed by atoms with Gasteiger partial charge in [-0.05, 0) is 44.4 Å². The van der Waals surface area contributed by atoms with Crippen LogP contribution in [0.15, 0.2) is 12.2 Å². The standard InChI is InChI=1S/C31H56N2O8/c1-5-7-8-9-10-11-12-13-14-15-16-17-18-20-25(36)32-26(22(3)4)30(39)41-31-27(33-24(35)19-6-2)29(38)28(37)23(21-34)40-31/h13-14,22-23,26-29,31,34,37-38H,5-12,15-21H2,1-4H3,(H,32,36)(H,33,35)/b14-13-/t23-,26+,27-,28+,29-,31+/m0/s1. The number of esters is 1. The fourth-order valence-corrected chi connectivity index (χ4v) is 4.76. The normalized spacial score (nSPS) is 23.5. The molecular weight excluding hydrogens is 528 g/mol. The summed E-state index contributed by atoms with van der Waals surface area (Å²) >= 11 is 0. The summed E-state index contributed by atoms with van der Waals surface area (Å²) in [5.74, 6) is -1.76. The van der Waals surface area contributed by atoms with Crippen molar-refractivity contribution in [2.24, 2.45) is 5.92 Å².